The van der Waals surface area contributed by atoms with E-state index in [0.29, 0.717) is 30.3 Å². The molecule has 244 valence electrons. The zero-order chi connectivity index (χ0) is 32.5. The molecule has 1 aliphatic carbocycles. The van der Waals surface area contributed by atoms with E-state index < -0.39 is 0 Å². The molecule has 2 aromatic carbocycles. The Balaban J connectivity index is 1.88. The molecule has 0 fully saturated rings. The third-order valence-electron chi connectivity index (χ3n) is 8.38. The highest BCUT2D eigenvalue weighted by atomic mass is 32.2. The second-order valence-electron chi connectivity index (χ2n) is 11.9. The quantitative estimate of drug-likeness (QED) is 0.131. The van der Waals surface area contributed by atoms with Crippen LogP contribution in [0.15, 0.2) is 59.9 Å². The number of rotatable bonds is 16. The van der Waals surface area contributed by atoms with Crippen LogP contribution < -0.4 is 14.4 Å². The van der Waals surface area contributed by atoms with Crippen LogP contribution in [0, 0.1) is 20.8 Å². The maximum Gasteiger partial charge on any atom is 0.344 e. The van der Waals surface area contributed by atoms with Crippen LogP contribution in [0.25, 0.3) is 5.57 Å². The van der Waals surface area contributed by atoms with Crippen LogP contribution in [-0.2, 0) is 19.0 Å². The van der Waals surface area contributed by atoms with Crippen molar-refractivity contribution in [3.8, 4) is 11.5 Å². The summed E-state index contributed by atoms with van der Waals surface area (Å²) in [4.78, 5) is 15.7. The first-order valence-corrected chi connectivity index (χ1v) is 17.4. The number of aryl methyl sites for hydroxylation is 3. The molecule has 1 heterocycles. The first kappa shape index (κ1) is 34.8. The van der Waals surface area contributed by atoms with Crippen LogP contribution in [0.3, 0.4) is 0 Å². The average molecular weight is 637 g/mol. The summed E-state index contributed by atoms with van der Waals surface area (Å²) in [6.07, 6.45) is 11.0. The van der Waals surface area contributed by atoms with Crippen molar-refractivity contribution in [3.63, 3.8) is 0 Å². The second-order valence-corrected chi connectivity index (χ2v) is 12.9. The van der Waals surface area contributed by atoms with E-state index in [1.807, 2.05) is 62.0 Å². The van der Waals surface area contributed by atoms with Crippen molar-refractivity contribution < 1.29 is 33.4 Å². The molecule has 0 bridgehead atoms. The van der Waals surface area contributed by atoms with Gasteiger partial charge >= 0.3 is 5.97 Å². The summed E-state index contributed by atoms with van der Waals surface area (Å²) in [6.45, 7) is 12.0. The SMILES string of the molecule is CCC(CC)Oc1ccc2c(c1)C(C(=O)Oc1c(C)cc(C)cc1C)=C1C=C(OC(COC)COC)C=CC1[NH+]2CCCSC. The lowest BCUT2D eigenvalue weighted by Gasteiger charge is -2.36. The number of benzene rings is 2. The van der Waals surface area contributed by atoms with Gasteiger partial charge in [0.2, 0.25) is 0 Å². The first-order chi connectivity index (χ1) is 21.7. The lowest BCUT2D eigenvalue weighted by Crippen LogP contribution is -3.12. The van der Waals surface area contributed by atoms with Gasteiger partial charge in [-0.05, 0) is 87.1 Å². The number of fused-ring (bicyclic) bond motifs is 2. The molecule has 45 heavy (non-hydrogen) atoms. The van der Waals surface area contributed by atoms with E-state index in [1.165, 1.54) is 4.90 Å². The minimum atomic E-state index is -0.384. The summed E-state index contributed by atoms with van der Waals surface area (Å²) in [6, 6.07) is 10.2. The van der Waals surface area contributed by atoms with Gasteiger partial charge in [-0.2, -0.15) is 11.8 Å². The highest BCUT2D eigenvalue weighted by molar-refractivity contribution is 7.98. The summed E-state index contributed by atoms with van der Waals surface area (Å²) in [5.74, 6) is 2.69. The first-order valence-electron chi connectivity index (χ1n) is 16.0. The summed E-state index contributed by atoms with van der Waals surface area (Å²) < 4.78 is 29.8. The Morgan fingerprint density at radius 2 is 1.64 bits per heavy atom. The molecular weight excluding hydrogens is 586 g/mol. The van der Waals surface area contributed by atoms with Crippen molar-refractivity contribution in [1.82, 2.24) is 0 Å². The molecule has 0 radical (unpaired) electrons. The van der Waals surface area contributed by atoms with E-state index in [9.17, 15) is 4.79 Å². The van der Waals surface area contributed by atoms with Gasteiger partial charge in [0.15, 0.2) is 0 Å². The van der Waals surface area contributed by atoms with Crippen molar-refractivity contribution in [1.29, 1.82) is 0 Å². The van der Waals surface area contributed by atoms with Crippen molar-refractivity contribution in [2.45, 2.75) is 72.1 Å². The monoisotopic (exact) mass is 636 g/mol. The van der Waals surface area contributed by atoms with E-state index in [1.54, 1.807) is 14.2 Å². The summed E-state index contributed by atoms with van der Waals surface area (Å²) in [7, 11) is 3.29. The van der Waals surface area contributed by atoms with E-state index in [0.717, 1.165) is 70.8 Å². The number of carbonyl (C=O) groups excluding carboxylic acids is 1. The van der Waals surface area contributed by atoms with Crippen molar-refractivity contribution in [3.05, 3.63) is 82.1 Å². The number of hydrogen-bond donors (Lipinski definition) is 1. The van der Waals surface area contributed by atoms with Gasteiger partial charge in [-0.25, -0.2) is 4.79 Å². The van der Waals surface area contributed by atoms with Gasteiger partial charge in [0, 0.05) is 32.3 Å². The topological polar surface area (TPSA) is 67.7 Å². The molecule has 0 aromatic heterocycles. The maximum absolute atomic E-state index is 14.5. The molecule has 2 atom stereocenters. The van der Waals surface area contributed by atoms with Crippen molar-refractivity contribution in [2.24, 2.45) is 0 Å². The highest BCUT2D eigenvalue weighted by Crippen LogP contribution is 2.38. The molecule has 2 aromatic rings. The summed E-state index contributed by atoms with van der Waals surface area (Å²) in [5, 5.41) is 0. The van der Waals surface area contributed by atoms with Crippen LogP contribution in [0.4, 0.5) is 5.69 Å². The van der Waals surface area contributed by atoms with Gasteiger partial charge in [-0.15, -0.1) is 0 Å². The Labute approximate surface area is 273 Å². The number of thioether (sulfide) groups is 1. The number of carbonyl (C=O) groups is 1. The number of nitrogens with one attached hydrogen (secondary N) is 1. The fourth-order valence-electron chi connectivity index (χ4n) is 6.32. The zero-order valence-corrected chi connectivity index (χ0v) is 29.0. The maximum atomic E-state index is 14.5. The zero-order valence-electron chi connectivity index (χ0n) is 28.2. The highest BCUT2D eigenvalue weighted by Gasteiger charge is 2.40. The normalized spacial score (nSPS) is 17.3. The van der Waals surface area contributed by atoms with E-state index in [-0.39, 0.29) is 24.2 Å². The Morgan fingerprint density at radius 1 is 0.956 bits per heavy atom. The minimum absolute atomic E-state index is 0.0800. The van der Waals surface area contributed by atoms with Crippen LogP contribution in [0.2, 0.25) is 0 Å². The van der Waals surface area contributed by atoms with Crippen LogP contribution in [0.5, 0.6) is 11.5 Å². The Kier molecular flexibility index (Phi) is 12.8. The molecule has 0 saturated heterocycles. The summed E-state index contributed by atoms with van der Waals surface area (Å²) in [5.41, 5.74) is 6.32. The molecule has 0 spiro atoms. The largest absolute Gasteiger partial charge is 0.490 e. The van der Waals surface area contributed by atoms with E-state index in [2.05, 4.69) is 39.2 Å². The van der Waals surface area contributed by atoms with Crippen LogP contribution in [0.1, 0.15) is 55.4 Å². The van der Waals surface area contributed by atoms with Crippen molar-refractivity contribution in [2.75, 3.05) is 46.0 Å². The van der Waals surface area contributed by atoms with Gasteiger partial charge < -0.3 is 23.7 Å². The average Bonchev–Trinajstić information content (AvgIpc) is 3.01. The standard InChI is InChI=1S/C37H49NO6S/c1-9-27(10-2)42-28-12-14-33-31(20-28)35(37(39)44-36-25(4)18-24(3)19-26(36)5)32-21-29(43-30(22-40-6)23-41-7)13-15-34(32)38(33)16-11-17-45-8/h12-15,18-21,27,30,34H,9-11,16-17,22-23H2,1-8H3/p+1. The predicted octanol–water partition coefficient (Wildman–Crippen LogP) is 6.32. The number of ether oxygens (including phenoxy) is 5. The molecule has 1 aliphatic heterocycles. The van der Waals surface area contributed by atoms with Crippen LogP contribution in [-0.4, -0.2) is 70.2 Å². The van der Waals surface area contributed by atoms with Gasteiger partial charge in [0.05, 0.1) is 37.0 Å². The smallest absolute Gasteiger partial charge is 0.344 e. The number of allylic oxidation sites excluding steroid dienone is 1. The Hall–Kier alpha value is -3.04. The van der Waals surface area contributed by atoms with Gasteiger partial charge in [0.1, 0.15) is 35.1 Å². The minimum Gasteiger partial charge on any atom is -0.490 e. The molecule has 0 amide bonds. The summed E-state index contributed by atoms with van der Waals surface area (Å²) >= 11 is 1.85. The van der Waals surface area contributed by atoms with E-state index in [4.69, 9.17) is 23.7 Å². The predicted molar refractivity (Wildman–Crippen MR) is 183 cm³/mol. The molecule has 1 N–H and O–H groups in total. The van der Waals surface area contributed by atoms with Crippen molar-refractivity contribution >= 4 is 29.0 Å². The Morgan fingerprint density at radius 3 is 2.27 bits per heavy atom. The number of quaternary nitrogens is 1. The lowest BCUT2D eigenvalue weighted by molar-refractivity contribution is -0.847. The molecule has 0 saturated carbocycles. The number of esters is 1. The van der Waals surface area contributed by atoms with Crippen LogP contribution >= 0.6 is 11.8 Å². The van der Waals surface area contributed by atoms with Gasteiger partial charge in [-0.1, -0.05) is 31.5 Å². The van der Waals surface area contributed by atoms with Gasteiger partial charge in [0.25, 0.3) is 0 Å². The number of methoxy groups -OCH3 is 2. The number of hydrogen-bond acceptors (Lipinski definition) is 7. The molecule has 2 unspecified atom stereocenters. The molecule has 4 rings (SSSR count). The second kappa shape index (κ2) is 16.5. The third kappa shape index (κ3) is 8.41. The van der Waals surface area contributed by atoms with Gasteiger partial charge in [-0.3, -0.25) is 4.90 Å². The fraction of sp³-hybridized carbons (Fsp3) is 0.486. The molecule has 8 heteroatoms. The van der Waals surface area contributed by atoms with E-state index >= 15 is 0 Å². The molecule has 7 nitrogen and oxygen atoms in total. The molecular formula is C37H50NO6S+. The fourth-order valence-corrected chi connectivity index (χ4v) is 6.75. The third-order valence-corrected chi connectivity index (χ3v) is 9.07. The lowest BCUT2D eigenvalue weighted by atomic mass is 9.85. The Bertz CT molecular complexity index is 1400. The molecule has 2 aliphatic rings.